The molecule has 0 fully saturated rings. The van der Waals surface area contributed by atoms with Crippen LogP contribution in [0.4, 0.5) is 4.79 Å². The summed E-state index contributed by atoms with van der Waals surface area (Å²) in [4.78, 5) is 47.1. The zero-order valence-electron chi connectivity index (χ0n) is 15.2. The first-order chi connectivity index (χ1) is 12.8. The van der Waals surface area contributed by atoms with Crippen LogP contribution in [0.3, 0.4) is 0 Å². The molecule has 0 radical (unpaired) electrons. The molecule has 0 spiro atoms. The molecular weight excluding hydrogens is 358 g/mol. The van der Waals surface area contributed by atoms with Gasteiger partial charge in [0.1, 0.15) is 6.54 Å². The van der Waals surface area contributed by atoms with Crippen molar-refractivity contribution in [3.05, 3.63) is 23.8 Å². The maximum Gasteiger partial charge on any atom is 0.326 e. The van der Waals surface area contributed by atoms with Crippen LogP contribution in [-0.4, -0.2) is 49.3 Å². The third kappa shape index (κ3) is 5.87. The van der Waals surface area contributed by atoms with E-state index in [2.05, 4.69) is 16.0 Å². The number of carbonyl (C=O) groups is 4. The fourth-order valence-electron chi connectivity index (χ4n) is 2.10. The van der Waals surface area contributed by atoms with Crippen molar-refractivity contribution in [3.63, 3.8) is 0 Å². The second-order valence-electron chi connectivity index (χ2n) is 6.00. The lowest BCUT2D eigenvalue weighted by Crippen LogP contribution is -2.47. The number of nitrogens with one attached hydrogen (secondary N) is 3. The fraction of sp³-hybridized carbons (Fsp3) is 0.412. The highest BCUT2D eigenvalue weighted by Crippen LogP contribution is 2.32. The average molecular weight is 379 g/mol. The van der Waals surface area contributed by atoms with Gasteiger partial charge < -0.3 is 24.8 Å². The second kappa shape index (κ2) is 8.88. The largest absolute Gasteiger partial charge is 0.454 e. The van der Waals surface area contributed by atoms with Gasteiger partial charge in [-0.25, -0.2) is 4.79 Å². The van der Waals surface area contributed by atoms with Crippen LogP contribution in [-0.2, 0) is 14.3 Å². The van der Waals surface area contributed by atoms with Crippen molar-refractivity contribution in [3.8, 4) is 11.5 Å². The quantitative estimate of drug-likeness (QED) is 0.606. The van der Waals surface area contributed by atoms with Gasteiger partial charge >= 0.3 is 12.0 Å². The summed E-state index contributed by atoms with van der Waals surface area (Å²) in [5.74, 6) is -1.14. The molecule has 27 heavy (non-hydrogen) atoms. The predicted molar refractivity (Wildman–Crippen MR) is 92.3 cm³/mol. The Morgan fingerprint density at radius 1 is 1.11 bits per heavy atom. The summed E-state index contributed by atoms with van der Waals surface area (Å²) in [5, 5.41) is 6.90. The Kier molecular flexibility index (Phi) is 6.58. The van der Waals surface area contributed by atoms with E-state index in [0.29, 0.717) is 11.5 Å². The molecule has 0 aliphatic carbocycles. The van der Waals surface area contributed by atoms with E-state index >= 15 is 0 Å². The summed E-state index contributed by atoms with van der Waals surface area (Å²) in [6.45, 7) is 4.42. The molecule has 0 saturated carbocycles. The summed E-state index contributed by atoms with van der Waals surface area (Å²) in [7, 11) is 0. The van der Waals surface area contributed by atoms with Crippen molar-refractivity contribution < 1.29 is 33.4 Å². The average Bonchev–Trinajstić information content (AvgIpc) is 3.06. The lowest BCUT2D eigenvalue weighted by Gasteiger charge is -2.14. The number of benzene rings is 1. The van der Waals surface area contributed by atoms with Crippen LogP contribution in [0, 0.1) is 0 Å². The zero-order valence-corrected chi connectivity index (χ0v) is 15.2. The standard InChI is InChI=1S/C17H21N3O7/c1-9(2)19-17(24)20-15(22)10(3)27-14(21)7-18-16(23)11-4-5-12-13(6-11)26-8-25-12/h4-6,9-10H,7-8H2,1-3H3,(H,18,23)(H2,19,20,22,24)/t10-/m0/s1. The molecule has 1 aromatic rings. The number of rotatable bonds is 6. The van der Waals surface area contributed by atoms with Crippen LogP contribution in [0.15, 0.2) is 18.2 Å². The molecular formula is C17H21N3O7. The molecule has 1 aliphatic rings. The zero-order chi connectivity index (χ0) is 20.0. The van der Waals surface area contributed by atoms with Gasteiger partial charge in [0.15, 0.2) is 17.6 Å². The van der Waals surface area contributed by atoms with E-state index in [0.717, 1.165) is 0 Å². The van der Waals surface area contributed by atoms with Gasteiger partial charge in [-0.2, -0.15) is 0 Å². The van der Waals surface area contributed by atoms with Gasteiger partial charge in [0, 0.05) is 11.6 Å². The van der Waals surface area contributed by atoms with Gasteiger partial charge in [0.2, 0.25) is 6.79 Å². The van der Waals surface area contributed by atoms with E-state index in [1.165, 1.54) is 19.1 Å². The maximum absolute atomic E-state index is 12.1. The van der Waals surface area contributed by atoms with E-state index in [9.17, 15) is 19.2 Å². The molecule has 0 aromatic heterocycles. The van der Waals surface area contributed by atoms with E-state index < -0.39 is 36.5 Å². The number of amides is 4. The van der Waals surface area contributed by atoms with Crippen LogP contribution in [0.2, 0.25) is 0 Å². The number of hydrogen-bond donors (Lipinski definition) is 3. The number of hydrogen-bond acceptors (Lipinski definition) is 7. The molecule has 10 heteroatoms. The molecule has 2 rings (SSSR count). The molecule has 4 amide bonds. The number of carbonyl (C=O) groups excluding carboxylic acids is 4. The monoisotopic (exact) mass is 379 g/mol. The number of urea groups is 1. The summed E-state index contributed by atoms with van der Waals surface area (Å²) in [5.41, 5.74) is 0.281. The van der Waals surface area contributed by atoms with Crippen LogP contribution >= 0.6 is 0 Å². The highest BCUT2D eigenvalue weighted by molar-refractivity contribution is 5.98. The summed E-state index contributed by atoms with van der Waals surface area (Å²) in [6, 6.07) is 3.77. The first-order valence-corrected chi connectivity index (χ1v) is 8.25. The van der Waals surface area contributed by atoms with Crippen LogP contribution in [0.25, 0.3) is 0 Å². The molecule has 0 saturated heterocycles. The summed E-state index contributed by atoms with van der Waals surface area (Å²) >= 11 is 0. The molecule has 1 aromatic carbocycles. The van der Waals surface area contributed by atoms with Gasteiger partial charge in [0.05, 0.1) is 0 Å². The summed E-state index contributed by atoms with van der Waals surface area (Å²) in [6.07, 6.45) is -1.20. The van der Waals surface area contributed by atoms with E-state index in [1.54, 1.807) is 19.9 Å². The Morgan fingerprint density at radius 3 is 2.52 bits per heavy atom. The van der Waals surface area contributed by atoms with Gasteiger partial charge in [-0.3, -0.25) is 19.7 Å². The minimum atomic E-state index is -1.20. The van der Waals surface area contributed by atoms with Gasteiger partial charge in [0.25, 0.3) is 11.8 Å². The van der Waals surface area contributed by atoms with Gasteiger partial charge in [-0.05, 0) is 39.0 Å². The van der Waals surface area contributed by atoms with E-state index in [4.69, 9.17) is 14.2 Å². The SMILES string of the molecule is CC(C)NC(=O)NC(=O)[C@H](C)OC(=O)CNC(=O)c1ccc2c(c1)OCO2. The second-order valence-corrected chi connectivity index (χ2v) is 6.00. The number of imide groups is 1. The van der Waals surface area contributed by atoms with Crippen molar-refractivity contribution in [2.24, 2.45) is 0 Å². The van der Waals surface area contributed by atoms with Crippen molar-refractivity contribution in [1.82, 2.24) is 16.0 Å². The molecule has 1 atom stereocenters. The third-order valence-corrected chi connectivity index (χ3v) is 3.36. The Balaban J connectivity index is 1.77. The lowest BCUT2D eigenvalue weighted by atomic mass is 10.2. The molecule has 0 unspecified atom stereocenters. The highest BCUT2D eigenvalue weighted by atomic mass is 16.7. The van der Waals surface area contributed by atoms with Crippen molar-refractivity contribution in [1.29, 1.82) is 0 Å². The summed E-state index contributed by atoms with van der Waals surface area (Å²) < 4.78 is 15.2. The van der Waals surface area contributed by atoms with Crippen molar-refractivity contribution in [2.45, 2.75) is 32.9 Å². The highest BCUT2D eigenvalue weighted by Gasteiger charge is 2.21. The number of fused-ring (bicyclic) bond motifs is 1. The smallest absolute Gasteiger partial charge is 0.326 e. The first kappa shape index (κ1) is 20.0. The molecule has 3 N–H and O–H groups in total. The number of ether oxygens (including phenoxy) is 3. The molecule has 1 heterocycles. The van der Waals surface area contributed by atoms with Crippen LogP contribution in [0.5, 0.6) is 11.5 Å². The van der Waals surface area contributed by atoms with Crippen LogP contribution in [0.1, 0.15) is 31.1 Å². The lowest BCUT2D eigenvalue weighted by molar-refractivity contribution is -0.153. The predicted octanol–water partition coefficient (Wildman–Crippen LogP) is 0.311. The fourth-order valence-corrected chi connectivity index (χ4v) is 2.10. The molecule has 1 aliphatic heterocycles. The first-order valence-electron chi connectivity index (χ1n) is 8.25. The molecule has 146 valence electrons. The number of esters is 1. The Bertz CT molecular complexity index is 748. The van der Waals surface area contributed by atoms with Crippen LogP contribution < -0.4 is 25.4 Å². The normalized spacial score (nSPS) is 12.9. The maximum atomic E-state index is 12.1. The minimum absolute atomic E-state index is 0.0852. The Labute approximate surface area is 155 Å². The third-order valence-electron chi connectivity index (χ3n) is 3.36. The van der Waals surface area contributed by atoms with Gasteiger partial charge in [-0.1, -0.05) is 0 Å². The van der Waals surface area contributed by atoms with Crippen molar-refractivity contribution >= 4 is 23.8 Å². The van der Waals surface area contributed by atoms with Crippen molar-refractivity contribution in [2.75, 3.05) is 13.3 Å². The molecule has 0 bridgehead atoms. The van der Waals surface area contributed by atoms with Gasteiger partial charge in [-0.15, -0.1) is 0 Å². The molecule has 10 nitrogen and oxygen atoms in total. The Morgan fingerprint density at radius 2 is 1.81 bits per heavy atom. The van der Waals surface area contributed by atoms with E-state index in [-0.39, 0.29) is 18.4 Å². The topological polar surface area (TPSA) is 132 Å². The Hall–Kier alpha value is -3.30. The van der Waals surface area contributed by atoms with E-state index in [1.807, 2.05) is 0 Å². The minimum Gasteiger partial charge on any atom is -0.454 e.